The van der Waals surface area contributed by atoms with Crippen molar-refractivity contribution in [1.29, 1.82) is 0 Å². The van der Waals surface area contributed by atoms with E-state index < -0.39 is 0 Å². The van der Waals surface area contributed by atoms with Crippen LogP contribution in [0.4, 0.5) is 10.5 Å². The minimum atomic E-state index is -0.0958. The largest absolute Gasteiger partial charge is 0.322 e. The van der Waals surface area contributed by atoms with E-state index in [1.54, 1.807) is 23.1 Å². The first-order valence-corrected chi connectivity index (χ1v) is 11.2. The molecule has 1 saturated carbocycles. The topological polar surface area (TPSA) is 38.8 Å². The van der Waals surface area contributed by atoms with Crippen LogP contribution in [0.1, 0.15) is 32.1 Å². The normalized spacial score (nSPS) is 21.0. The second-order valence-corrected chi connectivity index (χ2v) is 8.97. The Morgan fingerprint density at radius 2 is 1.68 bits per heavy atom. The van der Waals surface area contributed by atoms with Gasteiger partial charge in [0.2, 0.25) is 0 Å². The van der Waals surface area contributed by atoms with Gasteiger partial charge >= 0.3 is 6.03 Å². The van der Waals surface area contributed by atoms with Crippen LogP contribution in [0.3, 0.4) is 0 Å². The number of rotatable bonds is 3. The second-order valence-electron chi connectivity index (χ2n) is 8.15. The number of carbonyl (C=O) groups is 1. The van der Waals surface area contributed by atoms with Gasteiger partial charge in [0.15, 0.2) is 0 Å². The minimum absolute atomic E-state index is 0.0958. The van der Waals surface area contributed by atoms with Gasteiger partial charge in [-0.3, -0.25) is 0 Å². The van der Waals surface area contributed by atoms with Crippen LogP contribution >= 0.6 is 23.2 Å². The number of nitrogens with zero attached hydrogens (tertiary/aromatic N) is 3. The quantitative estimate of drug-likeness (QED) is 0.763. The number of likely N-dealkylation sites (N-methyl/N-ethyl adjacent to an activating group) is 1. The van der Waals surface area contributed by atoms with Crippen molar-refractivity contribution >= 4 is 34.9 Å². The third-order valence-corrected chi connectivity index (χ3v) is 6.36. The van der Waals surface area contributed by atoms with Crippen LogP contribution in [0.2, 0.25) is 10.0 Å². The first kappa shape index (κ1) is 21.7. The average Bonchev–Trinajstić information content (AvgIpc) is 3.51. The molecular formula is C21H32Cl2N4O. The fourth-order valence-electron chi connectivity index (χ4n) is 3.59. The molecule has 1 aromatic rings. The molecular weight excluding hydrogens is 395 g/mol. The van der Waals surface area contributed by atoms with Crippen LogP contribution in [-0.2, 0) is 0 Å². The van der Waals surface area contributed by atoms with Crippen molar-refractivity contribution < 1.29 is 4.79 Å². The van der Waals surface area contributed by atoms with Crippen molar-refractivity contribution in [2.24, 2.45) is 5.92 Å². The van der Waals surface area contributed by atoms with Crippen LogP contribution < -0.4 is 5.32 Å². The Morgan fingerprint density at radius 3 is 2.29 bits per heavy atom. The van der Waals surface area contributed by atoms with Gasteiger partial charge in [-0.15, -0.1) is 0 Å². The summed E-state index contributed by atoms with van der Waals surface area (Å²) in [6, 6.07) is 4.96. The van der Waals surface area contributed by atoms with Gasteiger partial charge in [0.05, 0.1) is 10.0 Å². The summed E-state index contributed by atoms with van der Waals surface area (Å²) in [5, 5.41) is 3.74. The van der Waals surface area contributed by atoms with Gasteiger partial charge < -0.3 is 20.0 Å². The van der Waals surface area contributed by atoms with Crippen LogP contribution in [0.25, 0.3) is 0 Å². The summed E-state index contributed by atoms with van der Waals surface area (Å²) in [5.41, 5.74) is 0.660. The lowest BCUT2D eigenvalue weighted by Gasteiger charge is -2.32. The van der Waals surface area contributed by atoms with E-state index in [0.29, 0.717) is 15.7 Å². The maximum atomic E-state index is 12.0. The number of nitrogens with one attached hydrogen (secondary N) is 1. The molecule has 0 bridgehead atoms. The number of hydrogen-bond donors (Lipinski definition) is 1. The fraction of sp³-hybridized carbons (Fsp3) is 0.667. The third-order valence-electron chi connectivity index (χ3n) is 5.62. The van der Waals surface area contributed by atoms with Crippen LogP contribution in [0.15, 0.2) is 18.2 Å². The number of amides is 2. The molecule has 0 radical (unpaired) electrons. The van der Waals surface area contributed by atoms with Crippen molar-refractivity contribution in [2.75, 3.05) is 58.2 Å². The molecule has 0 unspecified atom stereocenters. The van der Waals surface area contributed by atoms with Gasteiger partial charge in [0, 0.05) is 38.4 Å². The molecule has 156 valence electrons. The Morgan fingerprint density at radius 1 is 1.00 bits per heavy atom. The highest BCUT2D eigenvalue weighted by atomic mass is 35.5. The summed E-state index contributed by atoms with van der Waals surface area (Å²) in [6.07, 6.45) is 7.40. The van der Waals surface area contributed by atoms with E-state index in [1.807, 2.05) is 7.05 Å². The number of hydrogen-bond acceptors (Lipinski definition) is 3. The molecule has 1 aromatic carbocycles. The second kappa shape index (κ2) is 10.7. The highest BCUT2D eigenvalue weighted by Crippen LogP contribution is 2.30. The smallest absolute Gasteiger partial charge is 0.321 e. The summed E-state index contributed by atoms with van der Waals surface area (Å²) in [4.78, 5) is 18.6. The molecule has 0 atom stereocenters. The van der Waals surface area contributed by atoms with Gasteiger partial charge in [-0.25, -0.2) is 4.79 Å². The van der Waals surface area contributed by atoms with Crippen molar-refractivity contribution in [2.45, 2.75) is 32.1 Å². The molecule has 3 fully saturated rings. The molecule has 3 aliphatic rings. The van der Waals surface area contributed by atoms with Crippen molar-refractivity contribution in [1.82, 2.24) is 14.7 Å². The van der Waals surface area contributed by atoms with Gasteiger partial charge in [-0.2, -0.15) is 0 Å². The highest BCUT2D eigenvalue weighted by molar-refractivity contribution is 6.42. The predicted octanol–water partition coefficient (Wildman–Crippen LogP) is 4.66. The Kier molecular flexibility index (Phi) is 8.27. The van der Waals surface area contributed by atoms with Crippen LogP contribution in [0, 0.1) is 5.92 Å². The Hall–Kier alpha value is -1.01. The molecule has 1 N–H and O–H groups in total. The van der Waals surface area contributed by atoms with Gasteiger partial charge in [-0.1, -0.05) is 29.6 Å². The first-order valence-electron chi connectivity index (χ1n) is 10.4. The van der Waals surface area contributed by atoms with Crippen molar-refractivity contribution in [3.05, 3.63) is 28.2 Å². The van der Waals surface area contributed by atoms with E-state index in [4.69, 9.17) is 23.2 Å². The summed E-state index contributed by atoms with van der Waals surface area (Å²) in [7, 11) is 2.05. The number of urea groups is 1. The number of carbonyl (C=O) groups excluding carboxylic acids is 1. The molecule has 5 nitrogen and oxygen atoms in total. The zero-order valence-electron chi connectivity index (χ0n) is 16.8. The number of likely N-dealkylation sites (tertiary alicyclic amines) is 1. The number of piperazine rings is 1. The SMILES string of the molecule is C1CCN(CC2CC2)CC1.CN1CCN(C(=O)Nc2ccc(Cl)c(Cl)c2)CC1. The van der Waals surface area contributed by atoms with E-state index in [2.05, 4.69) is 15.1 Å². The monoisotopic (exact) mass is 426 g/mol. The van der Waals surface area contributed by atoms with E-state index >= 15 is 0 Å². The first-order chi connectivity index (χ1) is 13.5. The number of benzene rings is 1. The molecule has 2 heterocycles. The van der Waals surface area contributed by atoms with E-state index in [0.717, 1.165) is 32.1 Å². The Balaban J connectivity index is 0.000000188. The standard InChI is InChI=1S/C12H15Cl2N3O.C9H17N/c1-16-4-6-17(7-5-16)12(18)15-9-2-3-10(13)11(14)8-9;1-2-6-10(7-3-1)8-9-4-5-9/h2-3,8H,4-7H2,1H3,(H,15,18);9H,1-8H2. The number of halogens is 2. The predicted molar refractivity (Wildman–Crippen MR) is 118 cm³/mol. The summed E-state index contributed by atoms with van der Waals surface area (Å²) >= 11 is 11.7. The number of anilines is 1. The summed E-state index contributed by atoms with van der Waals surface area (Å²) in [5.74, 6) is 1.10. The molecule has 2 amide bonds. The fourth-order valence-corrected chi connectivity index (χ4v) is 3.89. The van der Waals surface area contributed by atoms with E-state index in [1.165, 1.54) is 51.7 Å². The van der Waals surface area contributed by atoms with E-state index in [-0.39, 0.29) is 6.03 Å². The molecule has 0 spiro atoms. The van der Waals surface area contributed by atoms with Crippen LogP contribution in [0.5, 0.6) is 0 Å². The summed E-state index contributed by atoms with van der Waals surface area (Å²) in [6.45, 7) is 7.46. The molecule has 0 aromatic heterocycles. The lowest BCUT2D eigenvalue weighted by molar-refractivity contribution is 0.164. The van der Waals surface area contributed by atoms with Crippen molar-refractivity contribution in [3.8, 4) is 0 Å². The average molecular weight is 427 g/mol. The minimum Gasteiger partial charge on any atom is -0.322 e. The molecule has 2 saturated heterocycles. The van der Waals surface area contributed by atoms with E-state index in [9.17, 15) is 4.79 Å². The maximum absolute atomic E-state index is 12.0. The highest BCUT2D eigenvalue weighted by Gasteiger charge is 2.24. The Bertz CT molecular complexity index is 639. The zero-order valence-corrected chi connectivity index (χ0v) is 18.3. The zero-order chi connectivity index (χ0) is 19.9. The molecule has 2 aliphatic heterocycles. The van der Waals surface area contributed by atoms with Crippen molar-refractivity contribution in [3.63, 3.8) is 0 Å². The molecule has 1 aliphatic carbocycles. The van der Waals surface area contributed by atoms with Gasteiger partial charge in [-0.05, 0) is 69.9 Å². The Labute approximate surface area is 178 Å². The lowest BCUT2D eigenvalue weighted by Crippen LogP contribution is -2.48. The molecule has 4 rings (SSSR count). The molecule has 7 heteroatoms. The third kappa shape index (κ3) is 7.11. The lowest BCUT2D eigenvalue weighted by atomic mass is 10.1. The van der Waals surface area contributed by atoms with Gasteiger partial charge in [0.25, 0.3) is 0 Å². The molecule has 28 heavy (non-hydrogen) atoms. The van der Waals surface area contributed by atoms with Gasteiger partial charge in [0.1, 0.15) is 0 Å². The maximum Gasteiger partial charge on any atom is 0.321 e. The van der Waals surface area contributed by atoms with Crippen LogP contribution in [-0.4, -0.2) is 73.6 Å². The summed E-state index contributed by atoms with van der Waals surface area (Å²) < 4.78 is 0. The number of piperidine rings is 1.